The minimum Gasteiger partial charge on any atom is -0.311 e. The highest BCUT2D eigenvalue weighted by Gasteiger charge is 2.04. The van der Waals surface area contributed by atoms with E-state index in [4.69, 9.17) is 23.2 Å². The Morgan fingerprint density at radius 2 is 2.11 bits per heavy atom. The quantitative estimate of drug-likeness (QED) is 0.912. The Balaban J connectivity index is 2.08. The summed E-state index contributed by atoms with van der Waals surface area (Å²) in [6.45, 7) is 4.42. The highest BCUT2D eigenvalue weighted by atomic mass is 35.5. The lowest BCUT2D eigenvalue weighted by molar-refractivity contribution is 0.644. The molecule has 1 heterocycles. The minimum absolute atomic E-state index is 0.630. The average molecular weight is 284 g/mol. The largest absolute Gasteiger partial charge is 0.311 e. The van der Waals surface area contributed by atoms with E-state index in [1.54, 1.807) is 6.07 Å². The van der Waals surface area contributed by atoms with Gasteiger partial charge in [0.25, 0.3) is 0 Å². The van der Waals surface area contributed by atoms with E-state index in [0.717, 1.165) is 24.3 Å². The molecule has 0 saturated carbocycles. The highest BCUT2D eigenvalue weighted by Crippen LogP contribution is 2.21. The molecule has 0 amide bonds. The zero-order valence-electron chi connectivity index (χ0n) is 10.2. The molecule has 0 bridgehead atoms. The van der Waals surface area contributed by atoms with Crippen LogP contribution in [0.4, 0.5) is 0 Å². The van der Waals surface area contributed by atoms with Crippen LogP contribution < -0.4 is 5.32 Å². The Labute approximate surface area is 117 Å². The summed E-state index contributed by atoms with van der Waals surface area (Å²) in [7, 11) is 0. The molecule has 0 aliphatic rings. The third-order valence-corrected chi connectivity index (χ3v) is 3.20. The van der Waals surface area contributed by atoms with Gasteiger partial charge >= 0.3 is 0 Å². The van der Waals surface area contributed by atoms with E-state index >= 15 is 0 Å². The molecule has 1 aromatic carbocycles. The second kappa shape index (κ2) is 6.23. The Morgan fingerprint density at radius 1 is 1.28 bits per heavy atom. The molecule has 0 unspecified atom stereocenters. The van der Waals surface area contributed by atoms with Gasteiger partial charge in [-0.15, -0.1) is 0 Å². The topological polar surface area (TPSA) is 29.9 Å². The average Bonchev–Trinajstić information content (AvgIpc) is 2.79. The van der Waals surface area contributed by atoms with Gasteiger partial charge in [0.05, 0.1) is 12.2 Å². The van der Waals surface area contributed by atoms with Crippen LogP contribution in [-0.2, 0) is 13.1 Å². The molecule has 1 N–H and O–H groups in total. The molecule has 2 aromatic rings. The monoisotopic (exact) mass is 283 g/mol. The lowest BCUT2D eigenvalue weighted by Crippen LogP contribution is -2.12. The summed E-state index contributed by atoms with van der Waals surface area (Å²) in [6.07, 6.45) is 1.95. The number of halogens is 2. The smallest absolute Gasteiger partial charge is 0.0762 e. The summed E-state index contributed by atoms with van der Waals surface area (Å²) in [4.78, 5) is 0. The maximum atomic E-state index is 6.12. The van der Waals surface area contributed by atoms with Crippen molar-refractivity contribution in [2.75, 3.05) is 6.54 Å². The maximum absolute atomic E-state index is 6.12. The summed E-state index contributed by atoms with van der Waals surface area (Å²) in [5.74, 6) is 0. The summed E-state index contributed by atoms with van der Waals surface area (Å²) in [5, 5.41) is 9.11. The number of hydrogen-bond acceptors (Lipinski definition) is 2. The molecule has 2 rings (SSSR count). The van der Waals surface area contributed by atoms with Crippen molar-refractivity contribution in [2.45, 2.75) is 20.0 Å². The van der Waals surface area contributed by atoms with E-state index in [1.807, 2.05) is 29.1 Å². The lowest BCUT2D eigenvalue weighted by atomic mass is 10.2. The van der Waals surface area contributed by atoms with Gasteiger partial charge in [-0.1, -0.05) is 30.1 Å². The normalized spacial score (nSPS) is 10.8. The van der Waals surface area contributed by atoms with E-state index in [9.17, 15) is 0 Å². The van der Waals surface area contributed by atoms with E-state index in [2.05, 4.69) is 17.3 Å². The first kappa shape index (κ1) is 13.4. The number of nitrogens with zero attached hydrogens (tertiary/aromatic N) is 2. The van der Waals surface area contributed by atoms with Crippen molar-refractivity contribution in [3.63, 3.8) is 0 Å². The Kier molecular flexibility index (Phi) is 4.64. The van der Waals surface area contributed by atoms with Gasteiger partial charge in [0.15, 0.2) is 0 Å². The van der Waals surface area contributed by atoms with Gasteiger partial charge in [-0.2, -0.15) is 5.10 Å². The summed E-state index contributed by atoms with van der Waals surface area (Å²) in [5.41, 5.74) is 2.00. The summed E-state index contributed by atoms with van der Waals surface area (Å²) >= 11 is 12.1. The summed E-state index contributed by atoms with van der Waals surface area (Å²) < 4.78 is 1.87. The molecule has 3 nitrogen and oxygen atoms in total. The van der Waals surface area contributed by atoms with Gasteiger partial charge in [-0.25, -0.2) is 0 Å². The number of nitrogens with one attached hydrogen (secondary N) is 1. The van der Waals surface area contributed by atoms with Crippen LogP contribution in [-0.4, -0.2) is 16.3 Å². The fourth-order valence-corrected chi connectivity index (χ4v) is 2.05. The Bertz CT molecular complexity index is 523. The maximum Gasteiger partial charge on any atom is 0.0762 e. The molecule has 0 saturated heterocycles. The molecule has 0 aliphatic heterocycles. The van der Waals surface area contributed by atoms with E-state index in [1.165, 1.54) is 0 Å². The van der Waals surface area contributed by atoms with E-state index in [-0.39, 0.29) is 0 Å². The van der Waals surface area contributed by atoms with Crippen molar-refractivity contribution >= 4 is 23.2 Å². The second-order valence-corrected chi connectivity index (χ2v) is 4.86. The number of hydrogen-bond donors (Lipinski definition) is 1. The zero-order valence-corrected chi connectivity index (χ0v) is 11.7. The van der Waals surface area contributed by atoms with Crippen LogP contribution in [0.2, 0.25) is 10.0 Å². The van der Waals surface area contributed by atoms with Gasteiger partial charge in [0.1, 0.15) is 0 Å². The molecule has 1 aromatic heterocycles. The zero-order chi connectivity index (χ0) is 13.0. The molecule has 0 fully saturated rings. The van der Waals surface area contributed by atoms with Crippen LogP contribution in [0.5, 0.6) is 0 Å². The summed E-state index contributed by atoms with van der Waals surface area (Å²) in [6, 6.07) is 7.46. The van der Waals surface area contributed by atoms with Gasteiger partial charge in [-0.05, 0) is 36.4 Å². The minimum atomic E-state index is 0.630. The predicted octanol–water partition coefficient (Wildman–Crippen LogP) is 3.35. The molecular formula is C13H15Cl2N3. The van der Waals surface area contributed by atoms with Crippen LogP contribution in [0.15, 0.2) is 30.5 Å². The Morgan fingerprint density at radius 3 is 2.89 bits per heavy atom. The van der Waals surface area contributed by atoms with Crippen LogP contribution in [0.3, 0.4) is 0 Å². The third-order valence-electron chi connectivity index (χ3n) is 2.59. The van der Waals surface area contributed by atoms with Gasteiger partial charge in [0, 0.05) is 22.8 Å². The van der Waals surface area contributed by atoms with Crippen molar-refractivity contribution in [2.24, 2.45) is 0 Å². The van der Waals surface area contributed by atoms with Crippen LogP contribution in [0.1, 0.15) is 18.2 Å². The number of benzene rings is 1. The second-order valence-electron chi connectivity index (χ2n) is 4.02. The first-order valence-corrected chi connectivity index (χ1v) is 6.61. The third kappa shape index (κ3) is 3.48. The fourth-order valence-electron chi connectivity index (χ4n) is 1.68. The van der Waals surface area contributed by atoms with Crippen LogP contribution in [0, 0.1) is 0 Å². The predicted molar refractivity (Wildman–Crippen MR) is 75.2 cm³/mol. The molecule has 18 heavy (non-hydrogen) atoms. The first-order chi connectivity index (χ1) is 8.69. The van der Waals surface area contributed by atoms with Crippen molar-refractivity contribution in [3.8, 4) is 0 Å². The molecule has 0 radical (unpaired) electrons. The van der Waals surface area contributed by atoms with Crippen molar-refractivity contribution in [1.82, 2.24) is 15.1 Å². The lowest BCUT2D eigenvalue weighted by Gasteiger charge is -2.05. The number of rotatable bonds is 5. The SMILES string of the molecule is CCNCc1ccn(Cc2cc(Cl)ccc2Cl)n1. The highest BCUT2D eigenvalue weighted by molar-refractivity contribution is 6.33. The number of aromatic nitrogens is 2. The first-order valence-electron chi connectivity index (χ1n) is 5.86. The van der Waals surface area contributed by atoms with Gasteiger partial charge in [0.2, 0.25) is 0 Å². The molecule has 0 spiro atoms. The van der Waals surface area contributed by atoms with Crippen LogP contribution in [0.25, 0.3) is 0 Å². The van der Waals surface area contributed by atoms with E-state index < -0.39 is 0 Å². The standard InChI is InChI=1S/C13H15Cl2N3/c1-2-16-8-12-5-6-18(17-12)9-10-7-11(14)3-4-13(10)15/h3-7,16H,2,8-9H2,1H3. The fraction of sp³-hybridized carbons (Fsp3) is 0.308. The molecule has 96 valence electrons. The van der Waals surface area contributed by atoms with Crippen molar-refractivity contribution in [3.05, 3.63) is 51.8 Å². The van der Waals surface area contributed by atoms with Crippen LogP contribution >= 0.6 is 23.2 Å². The van der Waals surface area contributed by atoms with Crippen molar-refractivity contribution < 1.29 is 0 Å². The molecule has 0 atom stereocenters. The molecular weight excluding hydrogens is 269 g/mol. The molecule has 5 heteroatoms. The Hall–Kier alpha value is -1.03. The van der Waals surface area contributed by atoms with Crippen molar-refractivity contribution in [1.29, 1.82) is 0 Å². The van der Waals surface area contributed by atoms with Gasteiger partial charge < -0.3 is 5.32 Å². The molecule has 0 aliphatic carbocycles. The van der Waals surface area contributed by atoms with Gasteiger partial charge in [-0.3, -0.25) is 4.68 Å². The van der Waals surface area contributed by atoms with E-state index in [0.29, 0.717) is 16.6 Å².